The zero-order valence-corrected chi connectivity index (χ0v) is 17.5. The van der Waals surface area contributed by atoms with Gasteiger partial charge in [0.25, 0.3) is 5.56 Å². The van der Waals surface area contributed by atoms with Crippen molar-refractivity contribution in [1.82, 2.24) is 24.6 Å². The number of fused-ring (bicyclic) bond motifs is 1. The first-order chi connectivity index (χ1) is 14.4. The summed E-state index contributed by atoms with van der Waals surface area (Å²) in [6.45, 7) is 2.03. The van der Waals surface area contributed by atoms with Crippen molar-refractivity contribution in [1.29, 1.82) is 0 Å². The minimum absolute atomic E-state index is 0.159. The maximum atomic E-state index is 12.8. The smallest absolute Gasteiger partial charge is 0.264 e. The second kappa shape index (κ2) is 8.30. The molecule has 30 heavy (non-hydrogen) atoms. The van der Waals surface area contributed by atoms with Crippen molar-refractivity contribution in [2.24, 2.45) is 0 Å². The second-order valence-electron chi connectivity index (χ2n) is 6.77. The third-order valence-corrected chi connectivity index (χ3v) is 5.31. The Hall–Kier alpha value is -3.16. The SMILES string of the molecule is Cc1ccc(Cl)cc1-n1ncc2c(=O)n(CC(=O)NCc3ccccc3Cl)cnc21. The van der Waals surface area contributed by atoms with Crippen LogP contribution in [0.1, 0.15) is 11.1 Å². The molecule has 0 aliphatic heterocycles. The Bertz CT molecular complexity index is 1310. The molecule has 0 atom stereocenters. The maximum Gasteiger partial charge on any atom is 0.264 e. The molecule has 0 spiro atoms. The van der Waals surface area contributed by atoms with Crippen molar-refractivity contribution < 1.29 is 4.79 Å². The van der Waals surface area contributed by atoms with Crippen molar-refractivity contribution in [2.75, 3.05) is 0 Å². The lowest BCUT2D eigenvalue weighted by Gasteiger charge is -2.09. The highest BCUT2D eigenvalue weighted by Crippen LogP contribution is 2.21. The number of carbonyl (C=O) groups is 1. The zero-order valence-electron chi connectivity index (χ0n) is 16.0. The summed E-state index contributed by atoms with van der Waals surface area (Å²) in [6, 6.07) is 12.7. The van der Waals surface area contributed by atoms with Crippen LogP contribution in [-0.4, -0.2) is 25.2 Å². The molecule has 1 N–H and O–H groups in total. The van der Waals surface area contributed by atoms with E-state index < -0.39 is 0 Å². The largest absolute Gasteiger partial charge is 0.350 e. The van der Waals surface area contributed by atoms with Crippen LogP contribution in [0.3, 0.4) is 0 Å². The second-order valence-corrected chi connectivity index (χ2v) is 7.61. The fraction of sp³-hybridized carbons (Fsp3) is 0.143. The topological polar surface area (TPSA) is 81.8 Å². The summed E-state index contributed by atoms with van der Waals surface area (Å²) >= 11 is 12.2. The summed E-state index contributed by atoms with van der Waals surface area (Å²) in [6.07, 6.45) is 2.79. The van der Waals surface area contributed by atoms with E-state index in [0.717, 1.165) is 16.8 Å². The molecule has 0 bridgehead atoms. The van der Waals surface area contributed by atoms with Crippen LogP contribution in [0.5, 0.6) is 0 Å². The summed E-state index contributed by atoms with van der Waals surface area (Å²) in [5.41, 5.74) is 2.53. The molecule has 0 fully saturated rings. The molecule has 0 unspecified atom stereocenters. The number of amides is 1. The lowest BCUT2D eigenvalue weighted by atomic mass is 10.2. The van der Waals surface area contributed by atoms with Crippen LogP contribution < -0.4 is 10.9 Å². The molecule has 0 saturated carbocycles. The monoisotopic (exact) mass is 441 g/mol. The van der Waals surface area contributed by atoms with Gasteiger partial charge in [0.05, 0.1) is 11.9 Å². The Morgan fingerprint density at radius 2 is 1.97 bits per heavy atom. The van der Waals surface area contributed by atoms with E-state index in [9.17, 15) is 9.59 Å². The summed E-state index contributed by atoms with van der Waals surface area (Å²) in [4.78, 5) is 29.5. The summed E-state index contributed by atoms with van der Waals surface area (Å²) in [7, 11) is 0. The van der Waals surface area contributed by atoms with E-state index in [4.69, 9.17) is 23.2 Å². The lowest BCUT2D eigenvalue weighted by Crippen LogP contribution is -2.32. The number of benzene rings is 2. The van der Waals surface area contributed by atoms with Gasteiger partial charge in [0, 0.05) is 16.6 Å². The molecular formula is C21H17Cl2N5O2. The molecule has 2 heterocycles. The fourth-order valence-corrected chi connectivity index (χ4v) is 3.46. The fourth-order valence-electron chi connectivity index (χ4n) is 3.09. The van der Waals surface area contributed by atoms with Crippen LogP contribution in [0.2, 0.25) is 10.0 Å². The molecule has 1 amide bonds. The van der Waals surface area contributed by atoms with Crippen molar-refractivity contribution >= 4 is 40.1 Å². The Kier molecular flexibility index (Phi) is 5.57. The standard InChI is InChI=1S/C21H17Cl2N5O2/c1-13-6-7-15(22)8-18(13)28-20-16(10-26-28)21(30)27(12-25-20)11-19(29)24-9-14-4-2-3-5-17(14)23/h2-8,10,12H,9,11H2,1H3,(H,24,29). The van der Waals surface area contributed by atoms with Crippen molar-refractivity contribution in [3.8, 4) is 5.69 Å². The molecule has 2 aromatic heterocycles. The quantitative estimate of drug-likeness (QED) is 0.513. The number of hydrogen-bond acceptors (Lipinski definition) is 4. The van der Waals surface area contributed by atoms with Gasteiger partial charge in [-0.05, 0) is 36.2 Å². The van der Waals surface area contributed by atoms with Crippen LogP contribution >= 0.6 is 23.2 Å². The zero-order chi connectivity index (χ0) is 21.3. The highest BCUT2D eigenvalue weighted by Gasteiger charge is 2.14. The highest BCUT2D eigenvalue weighted by atomic mass is 35.5. The average molecular weight is 442 g/mol. The minimum Gasteiger partial charge on any atom is -0.350 e. The van der Waals surface area contributed by atoms with E-state index in [0.29, 0.717) is 21.1 Å². The predicted molar refractivity (Wildman–Crippen MR) is 116 cm³/mol. The molecular weight excluding hydrogens is 425 g/mol. The van der Waals surface area contributed by atoms with E-state index in [-0.39, 0.29) is 24.6 Å². The number of nitrogens with zero attached hydrogens (tertiary/aromatic N) is 4. The molecule has 4 aromatic rings. The number of nitrogens with one attached hydrogen (secondary N) is 1. The molecule has 0 saturated heterocycles. The van der Waals surface area contributed by atoms with Crippen LogP contribution in [0.25, 0.3) is 16.7 Å². The van der Waals surface area contributed by atoms with Crippen LogP contribution in [0, 0.1) is 6.92 Å². The summed E-state index contributed by atoms with van der Waals surface area (Å²) in [5, 5.41) is 8.51. The first-order valence-electron chi connectivity index (χ1n) is 9.14. The third-order valence-electron chi connectivity index (χ3n) is 4.70. The van der Waals surface area contributed by atoms with Crippen LogP contribution in [0.15, 0.2) is 59.8 Å². The number of aromatic nitrogens is 4. The van der Waals surface area contributed by atoms with Crippen molar-refractivity contribution in [3.63, 3.8) is 0 Å². The van der Waals surface area contributed by atoms with Gasteiger partial charge in [-0.1, -0.05) is 47.5 Å². The van der Waals surface area contributed by atoms with Gasteiger partial charge >= 0.3 is 0 Å². The van der Waals surface area contributed by atoms with E-state index >= 15 is 0 Å². The van der Waals surface area contributed by atoms with Crippen LogP contribution in [-0.2, 0) is 17.9 Å². The first kappa shape index (κ1) is 20.1. The van der Waals surface area contributed by atoms with Gasteiger partial charge in [-0.2, -0.15) is 5.10 Å². The van der Waals surface area contributed by atoms with Crippen molar-refractivity contribution in [3.05, 3.63) is 86.5 Å². The van der Waals surface area contributed by atoms with Gasteiger partial charge in [0.2, 0.25) is 5.91 Å². The average Bonchev–Trinajstić information content (AvgIpc) is 3.16. The molecule has 0 aliphatic carbocycles. The molecule has 0 radical (unpaired) electrons. The Labute approximate surface area is 181 Å². The van der Waals surface area contributed by atoms with Gasteiger partial charge in [-0.25, -0.2) is 9.67 Å². The molecule has 2 aromatic carbocycles. The molecule has 152 valence electrons. The molecule has 9 heteroatoms. The number of carbonyl (C=O) groups excluding carboxylic acids is 1. The van der Waals surface area contributed by atoms with E-state index in [2.05, 4.69) is 15.4 Å². The lowest BCUT2D eigenvalue weighted by molar-refractivity contribution is -0.121. The molecule has 0 aliphatic rings. The predicted octanol–water partition coefficient (Wildman–Crippen LogP) is 3.51. The number of rotatable bonds is 5. The molecule has 4 rings (SSSR count). The van der Waals surface area contributed by atoms with E-state index in [1.807, 2.05) is 31.2 Å². The summed E-state index contributed by atoms with van der Waals surface area (Å²) < 4.78 is 2.82. The van der Waals surface area contributed by atoms with Crippen molar-refractivity contribution in [2.45, 2.75) is 20.0 Å². The van der Waals surface area contributed by atoms with Gasteiger partial charge < -0.3 is 5.32 Å². The summed E-state index contributed by atoms with van der Waals surface area (Å²) in [5.74, 6) is -0.323. The molecule has 7 nitrogen and oxygen atoms in total. The number of hydrogen-bond donors (Lipinski definition) is 1. The number of halogens is 2. The van der Waals surface area contributed by atoms with Gasteiger partial charge in [-0.15, -0.1) is 0 Å². The Balaban J connectivity index is 1.57. The highest BCUT2D eigenvalue weighted by molar-refractivity contribution is 6.31. The first-order valence-corrected chi connectivity index (χ1v) is 9.89. The number of aryl methyl sites for hydroxylation is 1. The van der Waals surface area contributed by atoms with E-state index in [1.54, 1.807) is 22.9 Å². The van der Waals surface area contributed by atoms with Gasteiger partial charge in [0.15, 0.2) is 5.65 Å². The maximum absolute atomic E-state index is 12.8. The van der Waals surface area contributed by atoms with E-state index in [1.165, 1.54) is 17.1 Å². The Morgan fingerprint density at radius 1 is 1.17 bits per heavy atom. The third kappa shape index (κ3) is 3.94. The minimum atomic E-state index is -0.348. The normalized spacial score (nSPS) is 11.0. The van der Waals surface area contributed by atoms with Crippen LogP contribution in [0.4, 0.5) is 0 Å². The Morgan fingerprint density at radius 3 is 2.77 bits per heavy atom. The van der Waals surface area contributed by atoms with Gasteiger partial charge in [0.1, 0.15) is 18.3 Å². The van der Waals surface area contributed by atoms with Gasteiger partial charge in [-0.3, -0.25) is 14.2 Å².